The van der Waals surface area contributed by atoms with E-state index in [2.05, 4.69) is 6.58 Å². The minimum Gasteiger partial charge on any atom is -0.198 e. The third-order valence-corrected chi connectivity index (χ3v) is 0.958. The molecule has 0 amide bonds. The van der Waals surface area contributed by atoms with Gasteiger partial charge in [-0.05, 0) is 6.08 Å². The Morgan fingerprint density at radius 2 is 2.09 bits per heavy atom. The molecule has 0 aliphatic carbocycles. The SMILES string of the molecule is C=C/C=C/C=C(/C#N)CC#N. The molecule has 0 unspecified atom stereocenters. The van der Waals surface area contributed by atoms with E-state index in [1.165, 1.54) is 0 Å². The van der Waals surface area contributed by atoms with E-state index in [1.54, 1.807) is 24.3 Å². The maximum Gasteiger partial charge on any atom is 0.0958 e. The van der Waals surface area contributed by atoms with Crippen molar-refractivity contribution in [2.75, 3.05) is 0 Å². The number of rotatable bonds is 3. The highest BCUT2D eigenvalue weighted by atomic mass is 14.3. The van der Waals surface area contributed by atoms with Gasteiger partial charge in [0.15, 0.2) is 0 Å². The summed E-state index contributed by atoms with van der Waals surface area (Å²) in [7, 11) is 0. The van der Waals surface area contributed by atoms with Gasteiger partial charge < -0.3 is 0 Å². The van der Waals surface area contributed by atoms with Crippen LogP contribution in [0.5, 0.6) is 0 Å². The molecule has 0 aromatic rings. The van der Waals surface area contributed by atoms with Crippen molar-refractivity contribution in [2.24, 2.45) is 0 Å². The largest absolute Gasteiger partial charge is 0.198 e. The van der Waals surface area contributed by atoms with Crippen LogP contribution in [0.2, 0.25) is 0 Å². The van der Waals surface area contributed by atoms with Gasteiger partial charge in [-0.15, -0.1) is 0 Å². The summed E-state index contributed by atoms with van der Waals surface area (Å²) < 4.78 is 0. The predicted molar refractivity (Wildman–Crippen MR) is 43.3 cm³/mol. The lowest BCUT2D eigenvalue weighted by molar-refractivity contribution is 1.27. The first-order valence-electron chi connectivity index (χ1n) is 3.10. The van der Waals surface area contributed by atoms with Gasteiger partial charge in [0.05, 0.1) is 18.6 Å². The first-order chi connectivity index (χ1) is 5.35. The summed E-state index contributed by atoms with van der Waals surface area (Å²) in [6, 6.07) is 3.81. The molecule has 54 valence electrons. The van der Waals surface area contributed by atoms with Gasteiger partial charge in [0.2, 0.25) is 0 Å². The van der Waals surface area contributed by atoms with Gasteiger partial charge in [-0.2, -0.15) is 10.5 Å². The number of allylic oxidation sites excluding steroid dienone is 5. The molecule has 0 radical (unpaired) electrons. The molecular weight excluding hydrogens is 136 g/mol. The molecule has 0 fully saturated rings. The third kappa shape index (κ3) is 4.69. The molecule has 0 saturated heterocycles. The highest BCUT2D eigenvalue weighted by Crippen LogP contribution is 1.97. The molecule has 0 aromatic heterocycles. The predicted octanol–water partition coefficient (Wildman–Crippen LogP) is 2.09. The third-order valence-electron chi connectivity index (χ3n) is 0.958. The van der Waals surface area contributed by atoms with Crippen LogP contribution in [0, 0.1) is 22.7 Å². The van der Waals surface area contributed by atoms with Gasteiger partial charge in [-0.25, -0.2) is 0 Å². The minimum absolute atomic E-state index is 0.165. The van der Waals surface area contributed by atoms with Crippen LogP contribution in [0.1, 0.15) is 6.42 Å². The molecule has 2 nitrogen and oxygen atoms in total. The molecule has 0 saturated carbocycles. The lowest BCUT2D eigenvalue weighted by Gasteiger charge is -1.82. The number of hydrogen-bond donors (Lipinski definition) is 0. The topological polar surface area (TPSA) is 47.6 Å². The summed E-state index contributed by atoms with van der Waals surface area (Å²) in [5, 5.41) is 16.7. The van der Waals surface area contributed by atoms with E-state index in [-0.39, 0.29) is 6.42 Å². The quantitative estimate of drug-likeness (QED) is 0.449. The fourth-order valence-electron chi connectivity index (χ4n) is 0.471. The molecule has 0 rings (SSSR count). The zero-order chi connectivity index (χ0) is 8.53. The summed E-state index contributed by atoms with van der Waals surface area (Å²) in [5.74, 6) is 0. The zero-order valence-electron chi connectivity index (χ0n) is 6.12. The molecule has 0 aliphatic rings. The Hall–Kier alpha value is -1.80. The van der Waals surface area contributed by atoms with E-state index >= 15 is 0 Å². The van der Waals surface area contributed by atoms with Crippen molar-refractivity contribution in [3.8, 4) is 12.1 Å². The average Bonchev–Trinajstić information content (AvgIpc) is 2.03. The van der Waals surface area contributed by atoms with E-state index in [0.29, 0.717) is 5.57 Å². The lowest BCUT2D eigenvalue weighted by atomic mass is 10.2. The normalized spacial score (nSPS) is 10.5. The van der Waals surface area contributed by atoms with Crippen molar-refractivity contribution < 1.29 is 0 Å². The van der Waals surface area contributed by atoms with Crippen LogP contribution in [-0.2, 0) is 0 Å². The van der Waals surface area contributed by atoms with Crippen LogP contribution in [0.4, 0.5) is 0 Å². The molecule has 0 bridgehead atoms. The van der Waals surface area contributed by atoms with Crippen LogP contribution in [0.25, 0.3) is 0 Å². The Labute approximate surface area is 66.4 Å². The van der Waals surface area contributed by atoms with Crippen molar-refractivity contribution in [1.29, 1.82) is 10.5 Å². The van der Waals surface area contributed by atoms with E-state index in [9.17, 15) is 0 Å². The summed E-state index contributed by atoms with van der Waals surface area (Å²) in [5.41, 5.74) is 0.464. The second kappa shape index (κ2) is 6.32. The van der Waals surface area contributed by atoms with Gasteiger partial charge in [0.25, 0.3) is 0 Å². The fourth-order valence-corrected chi connectivity index (χ4v) is 0.471. The summed E-state index contributed by atoms with van der Waals surface area (Å²) in [6.45, 7) is 3.47. The highest BCUT2D eigenvalue weighted by Gasteiger charge is 1.88. The Kier molecular flexibility index (Phi) is 5.29. The number of nitriles is 2. The molecule has 2 heteroatoms. The second-order valence-electron chi connectivity index (χ2n) is 1.76. The molecular formula is C9H8N2. The van der Waals surface area contributed by atoms with Crippen molar-refractivity contribution >= 4 is 0 Å². The Morgan fingerprint density at radius 3 is 2.55 bits per heavy atom. The summed E-state index contributed by atoms with van der Waals surface area (Å²) in [6.07, 6.45) is 6.76. The van der Waals surface area contributed by atoms with Crippen LogP contribution in [-0.4, -0.2) is 0 Å². The molecule has 0 atom stereocenters. The van der Waals surface area contributed by atoms with Crippen molar-refractivity contribution in [3.63, 3.8) is 0 Å². The summed E-state index contributed by atoms with van der Waals surface area (Å²) in [4.78, 5) is 0. The van der Waals surface area contributed by atoms with Crippen molar-refractivity contribution in [2.45, 2.75) is 6.42 Å². The van der Waals surface area contributed by atoms with Crippen LogP contribution in [0.3, 0.4) is 0 Å². The van der Waals surface area contributed by atoms with Crippen molar-refractivity contribution in [3.05, 3.63) is 36.5 Å². The first kappa shape index (κ1) is 9.20. The van der Waals surface area contributed by atoms with Gasteiger partial charge in [0.1, 0.15) is 0 Å². The van der Waals surface area contributed by atoms with Crippen LogP contribution >= 0.6 is 0 Å². The van der Waals surface area contributed by atoms with Gasteiger partial charge >= 0.3 is 0 Å². The van der Waals surface area contributed by atoms with Gasteiger partial charge in [-0.1, -0.05) is 24.8 Å². The maximum atomic E-state index is 8.43. The highest BCUT2D eigenvalue weighted by molar-refractivity contribution is 5.28. The average molecular weight is 144 g/mol. The van der Waals surface area contributed by atoms with Gasteiger partial charge in [-0.3, -0.25) is 0 Å². The smallest absolute Gasteiger partial charge is 0.0958 e. The number of nitrogens with zero attached hydrogens (tertiary/aromatic N) is 2. The number of hydrogen-bond acceptors (Lipinski definition) is 2. The molecule has 11 heavy (non-hydrogen) atoms. The molecule has 0 aliphatic heterocycles. The van der Waals surface area contributed by atoms with E-state index < -0.39 is 0 Å². The minimum atomic E-state index is 0.165. The Balaban J connectivity index is 4.17. The molecule has 0 aromatic carbocycles. The van der Waals surface area contributed by atoms with Crippen LogP contribution < -0.4 is 0 Å². The van der Waals surface area contributed by atoms with E-state index in [4.69, 9.17) is 10.5 Å². The first-order valence-corrected chi connectivity index (χ1v) is 3.10. The standard InChI is InChI=1S/C9H8N2/c1-2-3-4-5-9(8-11)6-7-10/h2-5H,1,6H2/b4-3+,9-5+. The summed E-state index contributed by atoms with van der Waals surface area (Å²) >= 11 is 0. The monoisotopic (exact) mass is 144 g/mol. The Bertz CT molecular complexity index is 258. The maximum absolute atomic E-state index is 8.43. The fraction of sp³-hybridized carbons (Fsp3) is 0.111. The van der Waals surface area contributed by atoms with Crippen LogP contribution in [0.15, 0.2) is 36.5 Å². The van der Waals surface area contributed by atoms with Crippen molar-refractivity contribution in [1.82, 2.24) is 0 Å². The van der Waals surface area contributed by atoms with Gasteiger partial charge in [0, 0.05) is 5.57 Å². The molecule has 0 heterocycles. The molecule has 0 N–H and O–H groups in total. The lowest BCUT2D eigenvalue weighted by Crippen LogP contribution is -1.73. The zero-order valence-corrected chi connectivity index (χ0v) is 6.12. The Morgan fingerprint density at radius 1 is 1.36 bits per heavy atom. The van der Waals surface area contributed by atoms with E-state index in [1.807, 2.05) is 12.1 Å². The molecule has 0 spiro atoms. The second-order valence-corrected chi connectivity index (χ2v) is 1.76. The van der Waals surface area contributed by atoms with E-state index in [0.717, 1.165) is 0 Å².